The van der Waals surface area contributed by atoms with Gasteiger partial charge in [-0.05, 0) is 66.4 Å². The number of carbonyl (C=O) groups excluding carboxylic acids is 2. The van der Waals surface area contributed by atoms with E-state index in [0.717, 1.165) is 49.7 Å². The molecule has 0 radical (unpaired) electrons. The standard InChI is InChI=1S/C34H26N2O2/c1-23-18-19-29-28-15-6-7-16-30(28)36(32(29)20-23)31-17-8-10-24(2)33(31)34(38)35(22-37)27-14-9-13-26(21-27)25-11-4-3-5-12-25/h3-22H,1-2H3. The van der Waals surface area contributed by atoms with Crippen LogP contribution >= 0.6 is 0 Å². The lowest BCUT2D eigenvalue weighted by Gasteiger charge is -2.21. The van der Waals surface area contributed by atoms with Gasteiger partial charge in [-0.2, -0.15) is 0 Å². The van der Waals surface area contributed by atoms with Crippen LogP contribution in [0.2, 0.25) is 0 Å². The average Bonchev–Trinajstić information content (AvgIpc) is 3.27. The zero-order valence-electron chi connectivity index (χ0n) is 21.3. The van der Waals surface area contributed by atoms with E-state index >= 15 is 0 Å². The van der Waals surface area contributed by atoms with E-state index in [1.54, 1.807) is 6.07 Å². The Morgan fingerprint density at radius 1 is 0.684 bits per heavy atom. The number of fused-ring (bicyclic) bond motifs is 3. The van der Waals surface area contributed by atoms with E-state index in [1.165, 1.54) is 4.90 Å². The van der Waals surface area contributed by atoms with Gasteiger partial charge in [0.1, 0.15) is 0 Å². The number of hydrogen-bond acceptors (Lipinski definition) is 2. The van der Waals surface area contributed by atoms with Crippen molar-refractivity contribution in [1.29, 1.82) is 0 Å². The summed E-state index contributed by atoms with van der Waals surface area (Å²) in [6.45, 7) is 3.98. The molecule has 0 N–H and O–H groups in total. The highest BCUT2D eigenvalue weighted by molar-refractivity contribution is 6.19. The molecule has 0 spiro atoms. The number of para-hydroxylation sites is 1. The predicted octanol–water partition coefficient (Wildman–Crippen LogP) is 7.87. The molecule has 5 aromatic carbocycles. The molecule has 0 saturated heterocycles. The Morgan fingerprint density at radius 2 is 1.39 bits per heavy atom. The summed E-state index contributed by atoms with van der Waals surface area (Å²) in [7, 11) is 0. The van der Waals surface area contributed by atoms with Gasteiger partial charge in [-0.25, -0.2) is 4.90 Å². The Balaban J connectivity index is 1.54. The van der Waals surface area contributed by atoms with Crippen molar-refractivity contribution in [3.05, 3.63) is 132 Å². The van der Waals surface area contributed by atoms with Crippen LogP contribution in [0.15, 0.2) is 115 Å². The summed E-state index contributed by atoms with van der Waals surface area (Å²) in [6, 6.07) is 37.9. The van der Waals surface area contributed by atoms with Gasteiger partial charge < -0.3 is 4.57 Å². The first-order valence-corrected chi connectivity index (χ1v) is 12.6. The SMILES string of the molecule is Cc1ccc2c3ccccc3n(-c3cccc(C)c3C(=O)N(C=O)c3cccc(-c4ccccc4)c3)c2c1. The molecule has 4 heteroatoms. The summed E-state index contributed by atoms with van der Waals surface area (Å²) in [4.78, 5) is 27.8. The molecule has 0 fully saturated rings. The van der Waals surface area contributed by atoms with Gasteiger partial charge in [0.2, 0.25) is 6.41 Å². The summed E-state index contributed by atoms with van der Waals surface area (Å²) in [6.07, 6.45) is 0.610. The van der Waals surface area contributed by atoms with E-state index < -0.39 is 0 Å². The lowest BCUT2D eigenvalue weighted by atomic mass is 10.0. The lowest BCUT2D eigenvalue weighted by Crippen LogP contribution is -2.31. The highest BCUT2D eigenvalue weighted by Crippen LogP contribution is 2.35. The van der Waals surface area contributed by atoms with Gasteiger partial charge in [0, 0.05) is 10.8 Å². The number of anilines is 1. The number of imide groups is 1. The number of nitrogens with zero attached hydrogens (tertiary/aromatic N) is 2. The van der Waals surface area contributed by atoms with Crippen LogP contribution < -0.4 is 4.90 Å². The fourth-order valence-corrected chi connectivity index (χ4v) is 5.27. The molecule has 0 atom stereocenters. The van der Waals surface area contributed by atoms with Gasteiger partial charge in [0.25, 0.3) is 5.91 Å². The second-order valence-electron chi connectivity index (χ2n) is 9.54. The van der Waals surface area contributed by atoms with Gasteiger partial charge in [-0.15, -0.1) is 0 Å². The summed E-state index contributed by atoms with van der Waals surface area (Å²) >= 11 is 0. The predicted molar refractivity (Wildman–Crippen MR) is 155 cm³/mol. The molecule has 0 unspecified atom stereocenters. The Kier molecular flexibility index (Phi) is 5.85. The number of hydrogen-bond donors (Lipinski definition) is 0. The van der Waals surface area contributed by atoms with Gasteiger partial charge in [0.05, 0.1) is 28.0 Å². The van der Waals surface area contributed by atoms with Crippen LogP contribution in [-0.4, -0.2) is 16.9 Å². The Hall–Kier alpha value is -4.96. The molecular weight excluding hydrogens is 468 g/mol. The van der Waals surface area contributed by atoms with Crippen molar-refractivity contribution in [2.24, 2.45) is 0 Å². The van der Waals surface area contributed by atoms with Crippen molar-refractivity contribution in [3.63, 3.8) is 0 Å². The van der Waals surface area contributed by atoms with E-state index in [9.17, 15) is 9.59 Å². The smallest absolute Gasteiger partial charge is 0.267 e. The van der Waals surface area contributed by atoms with E-state index in [1.807, 2.05) is 85.8 Å². The van der Waals surface area contributed by atoms with Crippen LogP contribution in [0.1, 0.15) is 21.5 Å². The summed E-state index contributed by atoms with van der Waals surface area (Å²) < 4.78 is 2.14. The summed E-state index contributed by atoms with van der Waals surface area (Å²) in [5.74, 6) is -0.364. The minimum atomic E-state index is -0.364. The van der Waals surface area contributed by atoms with E-state index in [4.69, 9.17) is 0 Å². The molecule has 6 aromatic rings. The molecule has 1 heterocycles. The van der Waals surface area contributed by atoms with Crippen LogP contribution in [0.3, 0.4) is 0 Å². The highest BCUT2D eigenvalue weighted by Gasteiger charge is 2.25. The summed E-state index contributed by atoms with van der Waals surface area (Å²) in [5.41, 5.74) is 7.69. The molecular formula is C34H26N2O2. The molecule has 4 nitrogen and oxygen atoms in total. The molecule has 38 heavy (non-hydrogen) atoms. The Bertz CT molecular complexity index is 1830. The first-order valence-electron chi connectivity index (χ1n) is 12.6. The fourth-order valence-electron chi connectivity index (χ4n) is 5.27. The zero-order chi connectivity index (χ0) is 26.2. The number of amides is 2. The fraction of sp³-hybridized carbons (Fsp3) is 0.0588. The van der Waals surface area contributed by atoms with Crippen molar-refractivity contribution >= 4 is 39.8 Å². The molecule has 0 bridgehead atoms. The zero-order valence-corrected chi connectivity index (χ0v) is 21.3. The maximum absolute atomic E-state index is 14.2. The van der Waals surface area contributed by atoms with Crippen molar-refractivity contribution in [3.8, 4) is 16.8 Å². The third kappa shape index (κ3) is 3.87. The van der Waals surface area contributed by atoms with Gasteiger partial charge >= 0.3 is 0 Å². The second kappa shape index (κ2) is 9.49. The maximum Gasteiger partial charge on any atom is 0.267 e. The van der Waals surface area contributed by atoms with E-state index in [2.05, 4.69) is 41.8 Å². The maximum atomic E-state index is 14.2. The van der Waals surface area contributed by atoms with Crippen LogP contribution in [0.4, 0.5) is 5.69 Å². The third-order valence-corrected chi connectivity index (χ3v) is 7.09. The third-order valence-electron chi connectivity index (χ3n) is 7.09. The average molecular weight is 495 g/mol. The molecule has 0 aliphatic rings. The topological polar surface area (TPSA) is 42.3 Å². The van der Waals surface area contributed by atoms with Gasteiger partial charge in [-0.3, -0.25) is 9.59 Å². The Labute approximate surface area is 221 Å². The normalized spacial score (nSPS) is 11.1. The number of aryl methyl sites for hydroxylation is 2. The minimum absolute atomic E-state index is 0.364. The van der Waals surface area contributed by atoms with E-state index in [-0.39, 0.29) is 5.91 Å². The van der Waals surface area contributed by atoms with Crippen molar-refractivity contribution in [2.45, 2.75) is 13.8 Å². The lowest BCUT2D eigenvalue weighted by molar-refractivity contribution is -0.106. The van der Waals surface area contributed by atoms with Crippen LogP contribution in [0.5, 0.6) is 0 Å². The molecule has 6 rings (SSSR count). The molecule has 0 aliphatic heterocycles. The van der Waals surface area contributed by atoms with Crippen LogP contribution in [0.25, 0.3) is 38.6 Å². The number of aromatic nitrogens is 1. The van der Waals surface area contributed by atoms with Crippen LogP contribution in [0, 0.1) is 13.8 Å². The number of rotatable bonds is 5. The van der Waals surface area contributed by atoms with Crippen molar-refractivity contribution in [1.82, 2.24) is 4.57 Å². The number of carbonyl (C=O) groups is 2. The van der Waals surface area contributed by atoms with Gasteiger partial charge in [-0.1, -0.05) is 84.9 Å². The Morgan fingerprint density at radius 3 is 2.21 bits per heavy atom. The first kappa shape index (κ1) is 23.4. The number of benzene rings is 5. The monoisotopic (exact) mass is 494 g/mol. The second-order valence-corrected chi connectivity index (χ2v) is 9.54. The largest absolute Gasteiger partial charge is 0.308 e. The van der Waals surface area contributed by atoms with Crippen LogP contribution in [-0.2, 0) is 4.79 Å². The van der Waals surface area contributed by atoms with Crippen molar-refractivity contribution < 1.29 is 9.59 Å². The summed E-state index contributed by atoms with van der Waals surface area (Å²) in [5, 5.41) is 2.24. The quantitative estimate of drug-likeness (QED) is 0.229. The molecule has 184 valence electrons. The molecule has 0 saturated carbocycles. The molecule has 0 aliphatic carbocycles. The van der Waals surface area contributed by atoms with E-state index in [0.29, 0.717) is 17.7 Å². The first-order chi connectivity index (χ1) is 18.6. The van der Waals surface area contributed by atoms with Gasteiger partial charge in [0.15, 0.2) is 0 Å². The van der Waals surface area contributed by atoms with Crippen molar-refractivity contribution in [2.75, 3.05) is 4.90 Å². The molecule has 1 aromatic heterocycles. The highest BCUT2D eigenvalue weighted by atomic mass is 16.2. The minimum Gasteiger partial charge on any atom is -0.308 e. The molecule has 2 amide bonds.